The summed E-state index contributed by atoms with van der Waals surface area (Å²) in [6.45, 7) is 1.35. The zero-order valence-electron chi connectivity index (χ0n) is 14.0. The lowest BCUT2D eigenvalue weighted by atomic mass is 10.2. The average molecular weight is 360 g/mol. The molecule has 0 saturated carbocycles. The summed E-state index contributed by atoms with van der Waals surface area (Å²) in [6.07, 6.45) is -1.19. The molecular formula is C17H16N2O7. The molecular weight excluding hydrogens is 344 g/mol. The van der Waals surface area contributed by atoms with Crippen LogP contribution in [-0.2, 0) is 9.53 Å². The minimum absolute atomic E-state index is 0.0759. The Morgan fingerprint density at radius 3 is 2.58 bits per heavy atom. The number of nitrogens with one attached hydrogen (secondary N) is 1. The summed E-state index contributed by atoms with van der Waals surface area (Å²) in [4.78, 5) is 34.5. The van der Waals surface area contributed by atoms with Crippen molar-refractivity contribution in [3.05, 3.63) is 58.1 Å². The van der Waals surface area contributed by atoms with Crippen LogP contribution in [-0.4, -0.2) is 35.1 Å². The molecule has 1 amide bonds. The fourth-order valence-corrected chi connectivity index (χ4v) is 2.06. The summed E-state index contributed by atoms with van der Waals surface area (Å²) < 4.78 is 10.1. The average Bonchev–Trinajstić information content (AvgIpc) is 2.61. The molecule has 0 aliphatic rings. The highest BCUT2D eigenvalue weighted by atomic mass is 16.6. The number of anilines is 1. The fourth-order valence-electron chi connectivity index (χ4n) is 2.06. The number of benzene rings is 2. The molecule has 0 radical (unpaired) electrons. The third-order valence-electron chi connectivity index (χ3n) is 3.39. The monoisotopic (exact) mass is 360 g/mol. The van der Waals surface area contributed by atoms with Gasteiger partial charge in [0.05, 0.1) is 23.3 Å². The Balaban J connectivity index is 2.10. The Morgan fingerprint density at radius 2 is 1.96 bits per heavy atom. The Bertz CT molecular complexity index is 851. The van der Waals surface area contributed by atoms with Gasteiger partial charge < -0.3 is 19.9 Å². The Labute approximate surface area is 148 Å². The van der Waals surface area contributed by atoms with Gasteiger partial charge in [-0.1, -0.05) is 6.07 Å². The first-order valence-corrected chi connectivity index (χ1v) is 7.45. The first-order chi connectivity index (χ1) is 12.3. The predicted octanol–water partition coefficient (Wildman–Crippen LogP) is 2.49. The number of methoxy groups -OCH3 is 1. The van der Waals surface area contributed by atoms with Crippen molar-refractivity contribution < 1.29 is 29.1 Å². The number of rotatable bonds is 6. The van der Waals surface area contributed by atoms with E-state index in [2.05, 4.69) is 5.32 Å². The van der Waals surface area contributed by atoms with Gasteiger partial charge in [-0.3, -0.25) is 14.9 Å². The molecule has 9 heteroatoms. The van der Waals surface area contributed by atoms with E-state index in [1.807, 2.05) is 0 Å². The zero-order chi connectivity index (χ0) is 19.3. The third kappa shape index (κ3) is 4.47. The summed E-state index contributed by atoms with van der Waals surface area (Å²) in [5, 5.41) is 22.7. The van der Waals surface area contributed by atoms with Crippen molar-refractivity contribution in [2.45, 2.75) is 13.0 Å². The van der Waals surface area contributed by atoms with Gasteiger partial charge in [0.1, 0.15) is 11.5 Å². The number of phenols is 1. The summed E-state index contributed by atoms with van der Waals surface area (Å²) in [5.74, 6) is -1.39. The van der Waals surface area contributed by atoms with E-state index in [1.165, 1.54) is 50.4 Å². The second kappa shape index (κ2) is 7.97. The van der Waals surface area contributed by atoms with Crippen LogP contribution in [0.15, 0.2) is 42.5 Å². The predicted molar refractivity (Wildman–Crippen MR) is 91.3 cm³/mol. The lowest BCUT2D eigenvalue weighted by Crippen LogP contribution is -2.30. The second-order valence-electron chi connectivity index (χ2n) is 5.23. The van der Waals surface area contributed by atoms with Crippen molar-refractivity contribution in [1.82, 2.24) is 0 Å². The second-order valence-corrected chi connectivity index (χ2v) is 5.23. The minimum atomic E-state index is -1.19. The van der Waals surface area contributed by atoms with E-state index < -0.39 is 22.9 Å². The molecule has 2 aromatic carbocycles. The number of hydrogen-bond acceptors (Lipinski definition) is 7. The summed E-state index contributed by atoms with van der Waals surface area (Å²) in [7, 11) is 1.35. The van der Waals surface area contributed by atoms with Crippen molar-refractivity contribution in [1.29, 1.82) is 0 Å². The lowest BCUT2D eigenvalue weighted by Gasteiger charge is -2.15. The van der Waals surface area contributed by atoms with Gasteiger partial charge in [0, 0.05) is 12.1 Å². The van der Waals surface area contributed by atoms with Crippen LogP contribution < -0.4 is 10.1 Å². The molecule has 2 N–H and O–H groups in total. The first-order valence-electron chi connectivity index (χ1n) is 7.45. The first kappa shape index (κ1) is 18.7. The van der Waals surface area contributed by atoms with E-state index in [0.29, 0.717) is 0 Å². The highest BCUT2D eigenvalue weighted by molar-refractivity contribution is 5.98. The Hall–Kier alpha value is -3.62. The molecule has 2 rings (SSSR count). The summed E-state index contributed by atoms with van der Waals surface area (Å²) in [6, 6.07) is 9.20. The van der Waals surface area contributed by atoms with Crippen LogP contribution in [0.4, 0.5) is 11.4 Å². The normalized spacial score (nSPS) is 11.3. The van der Waals surface area contributed by atoms with Gasteiger partial charge in [-0.15, -0.1) is 0 Å². The van der Waals surface area contributed by atoms with E-state index in [9.17, 15) is 24.8 Å². The number of nitro groups is 1. The molecule has 1 atom stereocenters. The third-order valence-corrected chi connectivity index (χ3v) is 3.39. The maximum atomic E-state index is 12.2. The molecule has 0 aliphatic carbocycles. The number of esters is 1. The van der Waals surface area contributed by atoms with Gasteiger partial charge >= 0.3 is 5.97 Å². The summed E-state index contributed by atoms with van der Waals surface area (Å²) in [5.41, 5.74) is -0.0740. The van der Waals surface area contributed by atoms with Gasteiger partial charge in [0.25, 0.3) is 11.6 Å². The number of carbonyl (C=O) groups excluding carboxylic acids is 2. The molecule has 0 unspecified atom stereocenters. The molecule has 136 valence electrons. The molecule has 0 aromatic heterocycles. The highest BCUT2D eigenvalue weighted by Gasteiger charge is 2.21. The fraction of sp³-hybridized carbons (Fsp3) is 0.176. The topological polar surface area (TPSA) is 128 Å². The van der Waals surface area contributed by atoms with Crippen LogP contribution in [0.2, 0.25) is 0 Å². The molecule has 0 saturated heterocycles. The standard InChI is InChI=1S/C17H16N2O7/c1-10(26-17(22)11-4-3-5-13(20)8-11)16(21)18-14-9-12(19(23)24)6-7-15(14)25-2/h3-10,20H,1-2H3,(H,18,21)/t10-/m0/s1. The van der Waals surface area contributed by atoms with Crippen LogP contribution in [0.25, 0.3) is 0 Å². The van der Waals surface area contributed by atoms with Crippen molar-refractivity contribution in [2.75, 3.05) is 12.4 Å². The van der Waals surface area contributed by atoms with Crippen LogP contribution in [0.3, 0.4) is 0 Å². The van der Waals surface area contributed by atoms with E-state index in [0.717, 1.165) is 6.07 Å². The van der Waals surface area contributed by atoms with Crippen molar-refractivity contribution in [3.8, 4) is 11.5 Å². The number of non-ortho nitro benzene ring substituents is 1. The molecule has 0 fully saturated rings. The van der Waals surface area contributed by atoms with Crippen LogP contribution in [0, 0.1) is 10.1 Å². The van der Waals surface area contributed by atoms with Crippen molar-refractivity contribution in [3.63, 3.8) is 0 Å². The van der Waals surface area contributed by atoms with Gasteiger partial charge in [0.2, 0.25) is 0 Å². The summed E-state index contributed by atoms with van der Waals surface area (Å²) >= 11 is 0. The van der Waals surface area contributed by atoms with Gasteiger partial charge in [-0.05, 0) is 31.2 Å². The highest BCUT2D eigenvalue weighted by Crippen LogP contribution is 2.29. The van der Waals surface area contributed by atoms with Crippen LogP contribution in [0.1, 0.15) is 17.3 Å². The van der Waals surface area contributed by atoms with E-state index in [4.69, 9.17) is 9.47 Å². The molecule has 0 aliphatic heterocycles. The van der Waals surface area contributed by atoms with Crippen molar-refractivity contribution >= 4 is 23.3 Å². The maximum Gasteiger partial charge on any atom is 0.339 e. The minimum Gasteiger partial charge on any atom is -0.508 e. The van der Waals surface area contributed by atoms with Gasteiger partial charge in [-0.25, -0.2) is 4.79 Å². The van der Waals surface area contributed by atoms with Crippen molar-refractivity contribution in [2.24, 2.45) is 0 Å². The number of nitrogens with zero attached hydrogens (tertiary/aromatic N) is 1. The number of ether oxygens (including phenoxy) is 2. The number of aromatic hydroxyl groups is 1. The number of nitro benzene ring substituents is 1. The molecule has 2 aromatic rings. The molecule has 0 heterocycles. The number of carbonyl (C=O) groups is 2. The van der Waals surface area contributed by atoms with E-state index in [-0.39, 0.29) is 28.4 Å². The molecule has 26 heavy (non-hydrogen) atoms. The van der Waals surface area contributed by atoms with Gasteiger partial charge in [-0.2, -0.15) is 0 Å². The quantitative estimate of drug-likeness (QED) is 0.460. The Kier molecular flexibility index (Phi) is 5.74. The molecule has 0 spiro atoms. The number of hydrogen-bond donors (Lipinski definition) is 2. The lowest BCUT2D eigenvalue weighted by molar-refractivity contribution is -0.384. The van der Waals surface area contributed by atoms with E-state index >= 15 is 0 Å². The van der Waals surface area contributed by atoms with Gasteiger partial charge in [0.15, 0.2) is 6.10 Å². The van der Waals surface area contributed by atoms with Crippen LogP contribution in [0.5, 0.6) is 11.5 Å². The zero-order valence-corrected chi connectivity index (χ0v) is 14.0. The van der Waals surface area contributed by atoms with Crippen LogP contribution >= 0.6 is 0 Å². The maximum absolute atomic E-state index is 12.2. The molecule has 9 nitrogen and oxygen atoms in total. The SMILES string of the molecule is COc1ccc([N+](=O)[O-])cc1NC(=O)[C@H](C)OC(=O)c1cccc(O)c1. The Morgan fingerprint density at radius 1 is 1.23 bits per heavy atom. The number of phenolic OH excluding ortho intramolecular Hbond substituents is 1. The largest absolute Gasteiger partial charge is 0.508 e. The molecule has 0 bridgehead atoms. The smallest absolute Gasteiger partial charge is 0.339 e. The number of amides is 1. The van der Waals surface area contributed by atoms with E-state index in [1.54, 1.807) is 0 Å².